The van der Waals surface area contributed by atoms with E-state index in [1.165, 1.54) is 11.3 Å². The molecule has 0 radical (unpaired) electrons. The summed E-state index contributed by atoms with van der Waals surface area (Å²) in [6.07, 6.45) is 2.03. The molecule has 3 heteroatoms. The molecule has 0 aliphatic carbocycles. The molecular formula is C17H28N2O. The smallest absolute Gasteiger partial charge is 0.0741 e. The third kappa shape index (κ3) is 3.74. The number of nitrogens with one attached hydrogen (secondary N) is 1. The number of β-amino-alcohol motifs (C(OH)–C–C–N with tert-alkyl or cyclic N) is 1. The summed E-state index contributed by atoms with van der Waals surface area (Å²) in [6, 6.07) is 9.17. The summed E-state index contributed by atoms with van der Waals surface area (Å²) in [5.74, 6) is 0.420. The van der Waals surface area contributed by atoms with Crippen molar-refractivity contribution in [1.29, 1.82) is 0 Å². The van der Waals surface area contributed by atoms with E-state index in [9.17, 15) is 5.11 Å². The van der Waals surface area contributed by atoms with E-state index >= 15 is 0 Å². The zero-order chi connectivity index (χ0) is 14.5. The minimum absolute atomic E-state index is 0.200. The number of piperidine rings is 1. The van der Waals surface area contributed by atoms with Crippen molar-refractivity contribution in [1.82, 2.24) is 5.32 Å². The van der Waals surface area contributed by atoms with Crippen molar-refractivity contribution in [2.45, 2.75) is 45.8 Å². The zero-order valence-electron chi connectivity index (χ0n) is 13.0. The van der Waals surface area contributed by atoms with Crippen LogP contribution in [0.25, 0.3) is 0 Å². The summed E-state index contributed by atoms with van der Waals surface area (Å²) < 4.78 is 0. The van der Waals surface area contributed by atoms with Crippen LogP contribution in [0.5, 0.6) is 0 Å². The van der Waals surface area contributed by atoms with Crippen molar-refractivity contribution < 1.29 is 5.11 Å². The minimum atomic E-state index is -0.200. The predicted octanol–water partition coefficient (Wildman–Crippen LogP) is 2.95. The molecule has 1 aliphatic rings. The number of anilines is 1. The topological polar surface area (TPSA) is 35.5 Å². The van der Waals surface area contributed by atoms with Crippen molar-refractivity contribution >= 4 is 5.69 Å². The second kappa shape index (κ2) is 7.09. The van der Waals surface area contributed by atoms with Gasteiger partial charge in [-0.3, -0.25) is 0 Å². The number of nitrogens with zero attached hydrogens (tertiary/aromatic N) is 1. The van der Waals surface area contributed by atoms with Gasteiger partial charge in [0.15, 0.2) is 0 Å². The lowest BCUT2D eigenvalue weighted by molar-refractivity contribution is 0.103. The van der Waals surface area contributed by atoms with Crippen molar-refractivity contribution in [3.8, 4) is 0 Å². The Morgan fingerprint density at radius 2 is 2.05 bits per heavy atom. The largest absolute Gasteiger partial charge is 0.391 e. The maximum atomic E-state index is 10.00. The highest BCUT2D eigenvalue weighted by molar-refractivity contribution is 5.48. The van der Waals surface area contributed by atoms with Crippen LogP contribution in [0.2, 0.25) is 0 Å². The predicted molar refractivity (Wildman–Crippen MR) is 85.2 cm³/mol. The first kappa shape index (κ1) is 15.3. The number of aliphatic hydroxyl groups excluding tert-OH is 1. The Bertz CT molecular complexity index is 404. The van der Waals surface area contributed by atoms with Crippen LogP contribution < -0.4 is 10.2 Å². The average molecular weight is 276 g/mol. The van der Waals surface area contributed by atoms with Gasteiger partial charge in [-0.15, -0.1) is 0 Å². The highest BCUT2D eigenvalue weighted by atomic mass is 16.3. The molecule has 112 valence electrons. The maximum Gasteiger partial charge on any atom is 0.0741 e. The van der Waals surface area contributed by atoms with E-state index in [-0.39, 0.29) is 6.10 Å². The van der Waals surface area contributed by atoms with E-state index in [4.69, 9.17) is 0 Å². The highest BCUT2D eigenvalue weighted by Crippen LogP contribution is 2.24. The normalized spacial score (nSPS) is 24.7. The van der Waals surface area contributed by atoms with Gasteiger partial charge in [-0.2, -0.15) is 0 Å². The highest BCUT2D eigenvalue weighted by Gasteiger charge is 2.24. The van der Waals surface area contributed by atoms with Crippen LogP contribution in [0, 0.1) is 5.92 Å². The zero-order valence-corrected chi connectivity index (χ0v) is 13.0. The van der Waals surface area contributed by atoms with E-state index in [0.29, 0.717) is 12.0 Å². The van der Waals surface area contributed by atoms with Crippen LogP contribution in [0.4, 0.5) is 5.69 Å². The van der Waals surface area contributed by atoms with Gasteiger partial charge in [0.1, 0.15) is 0 Å². The molecule has 1 aliphatic heterocycles. The van der Waals surface area contributed by atoms with Gasteiger partial charge in [0.2, 0.25) is 0 Å². The first-order valence-corrected chi connectivity index (χ1v) is 7.88. The molecule has 0 bridgehead atoms. The third-order valence-electron chi connectivity index (χ3n) is 4.38. The molecule has 0 saturated carbocycles. The van der Waals surface area contributed by atoms with Gasteiger partial charge in [-0.05, 0) is 49.9 Å². The summed E-state index contributed by atoms with van der Waals surface area (Å²) in [4.78, 5) is 2.29. The van der Waals surface area contributed by atoms with Crippen LogP contribution in [0.3, 0.4) is 0 Å². The van der Waals surface area contributed by atoms with Gasteiger partial charge < -0.3 is 15.3 Å². The lowest BCUT2D eigenvalue weighted by atomic mass is 9.95. The Morgan fingerprint density at radius 1 is 1.35 bits per heavy atom. The fraction of sp³-hybridized carbons (Fsp3) is 0.647. The molecular weight excluding hydrogens is 248 g/mol. The summed E-state index contributed by atoms with van der Waals surface area (Å²) >= 11 is 0. The van der Waals surface area contributed by atoms with E-state index in [1.807, 2.05) is 0 Å². The monoisotopic (exact) mass is 276 g/mol. The average Bonchev–Trinajstić information content (AvgIpc) is 2.48. The molecule has 3 atom stereocenters. The first-order chi connectivity index (χ1) is 9.61. The van der Waals surface area contributed by atoms with Crippen LogP contribution >= 0.6 is 0 Å². The fourth-order valence-electron chi connectivity index (χ4n) is 2.74. The van der Waals surface area contributed by atoms with Crippen LogP contribution in [-0.4, -0.2) is 30.8 Å². The molecule has 1 aromatic rings. The van der Waals surface area contributed by atoms with Crippen LogP contribution in [0.15, 0.2) is 24.3 Å². The Balaban J connectivity index is 1.97. The third-order valence-corrected chi connectivity index (χ3v) is 4.38. The van der Waals surface area contributed by atoms with Crippen LogP contribution in [-0.2, 0) is 0 Å². The second-order valence-corrected chi connectivity index (χ2v) is 6.05. The lowest BCUT2D eigenvalue weighted by Crippen LogP contribution is -2.42. The molecule has 2 N–H and O–H groups in total. The van der Waals surface area contributed by atoms with Gasteiger partial charge in [0.05, 0.1) is 6.10 Å². The summed E-state index contributed by atoms with van der Waals surface area (Å²) in [5, 5.41) is 13.5. The van der Waals surface area contributed by atoms with Gasteiger partial charge in [-0.1, -0.05) is 26.0 Å². The molecule has 2 rings (SSSR count). The van der Waals surface area contributed by atoms with Crippen LogP contribution in [0.1, 0.15) is 45.2 Å². The van der Waals surface area contributed by atoms with Gasteiger partial charge >= 0.3 is 0 Å². The van der Waals surface area contributed by atoms with Gasteiger partial charge in [0, 0.05) is 24.8 Å². The number of aliphatic hydroxyl groups is 1. The van der Waals surface area contributed by atoms with E-state index in [2.05, 4.69) is 55.3 Å². The Morgan fingerprint density at radius 3 is 2.65 bits per heavy atom. The number of hydrogen-bond acceptors (Lipinski definition) is 3. The molecule has 1 heterocycles. The summed E-state index contributed by atoms with van der Waals surface area (Å²) in [6.45, 7) is 9.37. The molecule has 0 aromatic heterocycles. The molecule has 1 fully saturated rings. The van der Waals surface area contributed by atoms with Crippen molar-refractivity contribution in [3.63, 3.8) is 0 Å². The number of hydrogen-bond donors (Lipinski definition) is 2. The van der Waals surface area contributed by atoms with E-state index in [0.717, 1.165) is 32.5 Å². The quantitative estimate of drug-likeness (QED) is 0.868. The Kier molecular flexibility index (Phi) is 5.44. The summed E-state index contributed by atoms with van der Waals surface area (Å²) in [5.41, 5.74) is 2.55. The first-order valence-electron chi connectivity index (χ1n) is 7.88. The maximum absolute atomic E-state index is 10.00. The summed E-state index contributed by atoms with van der Waals surface area (Å²) in [7, 11) is 0. The molecule has 20 heavy (non-hydrogen) atoms. The number of rotatable bonds is 5. The van der Waals surface area contributed by atoms with E-state index < -0.39 is 0 Å². The van der Waals surface area contributed by atoms with Crippen molar-refractivity contribution in [3.05, 3.63) is 29.8 Å². The fourth-order valence-corrected chi connectivity index (χ4v) is 2.74. The molecule has 3 nitrogen and oxygen atoms in total. The van der Waals surface area contributed by atoms with Gasteiger partial charge in [0.25, 0.3) is 0 Å². The molecule has 1 saturated heterocycles. The lowest BCUT2D eigenvalue weighted by Gasteiger charge is -2.36. The van der Waals surface area contributed by atoms with Crippen molar-refractivity contribution in [2.75, 3.05) is 24.5 Å². The second-order valence-electron chi connectivity index (χ2n) is 6.05. The Labute approximate surface area is 123 Å². The minimum Gasteiger partial charge on any atom is -0.391 e. The van der Waals surface area contributed by atoms with Gasteiger partial charge in [-0.25, -0.2) is 0 Å². The SMILES string of the molecule is CCCNC(C)c1ccc(N2CCC(C)C(O)C2)cc1. The Hall–Kier alpha value is -1.06. The molecule has 0 amide bonds. The molecule has 0 spiro atoms. The standard InChI is InChI=1S/C17H28N2O/c1-4-10-18-14(3)15-5-7-16(8-6-15)19-11-9-13(2)17(20)12-19/h5-8,13-14,17-18,20H,4,9-12H2,1-3H3. The van der Waals surface area contributed by atoms with Crippen molar-refractivity contribution in [2.24, 2.45) is 5.92 Å². The molecule has 3 unspecified atom stereocenters. The van der Waals surface area contributed by atoms with E-state index in [1.54, 1.807) is 0 Å². The molecule has 1 aromatic carbocycles. The number of benzene rings is 1.